The Balaban J connectivity index is 1.56. The first kappa shape index (κ1) is 17.1. The fourth-order valence-corrected chi connectivity index (χ4v) is 3.41. The third-order valence-electron chi connectivity index (χ3n) is 4.87. The Bertz CT molecular complexity index is 1350. The normalized spacial score (nSPS) is 11.1. The number of hydrogen-bond acceptors (Lipinski definition) is 4. The summed E-state index contributed by atoms with van der Waals surface area (Å²) in [4.78, 5) is 20.1. The summed E-state index contributed by atoms with van der Waals surface area (Å²) in [6.45, 7) is 1.95. The zero-order chi connectivity index (χ0) is 19.8. The molecule has 1 aromatic carbocycles. The maximum atomic E-state index is 11.1. The van der Waals surface area contributed by atoms with Crippen molar-refractivity contribution in [2.24, 2.45) is 0 Å². The number of carbonyl (C=O) groups excluding carboxylic acids is 1. The van der Waals surface area contributed by atoms with E-state index in [0.29, 0.717) is 5.56 Å². The smallest absolute Gasteiger partial charge is 0.153 e. The molecule has 6 heteroatoms. The summed E-state index contributed by atoms with van der Waals surface area (Å²) < 4.78 is 3.81. The number of fused-ring (bicyclic) bond motifs is 1. The van der Waals surface area contributed by atoms with Gasteiger partial charge in [0.1, 0.15) is 11.9 Å². The summed E-state index contributed by atoms with van der Waals surface area (Å²) in [6.07, 6.45) is 8.39. The van der Waals surface area contributed by atoms with Crippen LogP contribution in [0.1, 0.15) is 16.1 Å². The maximum absolute atomic E-state index is 11.1. The van der Waals surface area contributed by atoms with Crippen molar-refractivity contribution >= 4 is 11.9 Å². The molecule has 0 fully saturated rings. The van der Waals surface area contributed by atoms with Gasteiger partial charge in [0.15, 0.2) is 5.82 Å². The number of pyridine rings is 2. The van der Waals surface area contributed by atoms with Crippen LogP contribution in [0.4, 0.5) is 0 Å². The van der Waals surface area contributed by atoms with Crippen LogP contribution in [0.15, 0.2) is 79.4 Å². The molecule has 0 unspecified atom stereocenters. The Morgan fingerprint density at radius 2 is 1.79 bits per heavy atom. The Hall–Kier alpha value is -4.06. The van der Waals surface area contributed by atoms with Crippen molar-refractivity contribution in [3.05, 3.63) is 90.6 Å². The van der Waals surface area contributed by atoms with E-state index in [1.54, 1.807) is 16.9 Å². The van der Waals surface area contributed by atoms with Gasteiger partial charge in [-0.2, -0.15) is 5.10 Å². The van der Waals surface area contributed by atoms with Crippen molar-refractivity contribution < 1.29 is 4.79 Å². The van der Waals surface area contributed by atoms with E-state index in [1.165, 1.54) is 0 Å². The fraction of sp³-hybridized carbons (Fsp3) is 0.0435. The highest BCUT2D eigenvalue weighted by Gasteiger charge is 2.10. The lowest BCUT2D eigenvalue weighted by molar-refractivity contribution is 0.112. The molecule has 0 atom stereocenters. The van der Waals surface area contributed by atoms with Crippen LogP contribution in [0.25, 0.3) is 33.8 Å². The number of rotatable bonds is 4. The van der Waals surface area contributed by atoms with Gasteiger partial charge in [0, 0.05) is 29.7 Å². The van der Waals surface area contributed by atoms with Gasteiger partial charge in [-0.15, -0.1) is 0 Å². The van der Waals surface area contributed by atoms with Crippen LogP contribution >= 0.6 is 0 Å². The largest absolute Gasteiger partial charge is 0.300 e. The summed E-state index contributed by atoms with van der Waals surface area (Å²) in [5, 5.41) is 4.43. The Labute approximate surface area is 167 Å². The van der Waals surface area contributed by atoms with Gasteiger partial charge in [0.05, 0.1) is 17.6 Å². The molecule has 5 rings (SSSR count). The molecule has 0 saturated carbocycles. The van der Waals surface area contributed by atoms with Crippen LogP contribution in [-0.2, 0) is 0 Å². The maximum Gasteiger partial charge on any atom is 0.153 e. The minimum absolute atomic E-state index is 0.657. The van der Waals surface area contributed by atoms with Crippen molar-refractivity contribution in [2.45, 2.75) is 6.92 Å². The number of imidazole rings is 1. The SMILES string of the molecule is Cc1ccn(-c2cc(-c3cnc4cc(-c5cccc(C=O)c5)ccn34)ccn2)n1. The van der Waals surface area contributed by atoms with Gasteiger partial charge in [0.2, 0.25) is 0 Å². The molecule has 0 amide bonds. The number of aldehydes is 1. The lowest BCUT2D eigenvalue weighted by atomic mass is 10.0. The van der Waals surface area contributed by atoms with Gasteiger partial charge < -0.3 is 0 Å². The van der Waals surface area contributed by atoms with E-state index in [2.05, 4.69) is 15.1 Å². The van der Waals surface area contributed by atoms with Crippen molar-refractivity contribution in [1.29, 1.82) is 0 Å². The average molecular weight is 379 g/mol. The monoisotopic (exact) mass is 379 g/mol. The summed E-state index contributed by atoms with van der Waals surface area (Å²) >= 11 is 0. The molecule has 0 bridgehead atoms. The average Bonchev–Trinajstić information content (AvgIpc) is 3.39. The van der Waals surface area contributed by atoms with Crippen LogP contribution in [0.2, 0.25) is 0 Å². The van der Waals surface area contributed by atoms with E-state index in [9.17, 15) is 4.79 Å². The molecular weight excluding hydrogens is 362 g/mol. The number of aromatic nitrogens is 5. The molecule has 0 aliphatic heterocycles. The van der Waals surface area contributed by atoms with Crippen LogP contribution in [0, 0.1) is 6.92 Å². The standard InChI is InChI=1S/C23H17N5O/c1-16-6-10-28(26-16)23-13-20(5-8-24-23)21-14-25-22-12-19(7-9-27(21)22)18-4-2-3-17(11-18)15-29/h2-15H,1H3. The Morgan fingerprint density at radius 3 is 2.62 bits per heavy atom. The van der Waals surface area contributed by atoms with E-state index in [1.807, 2.05) is 78.4 Å². The molecular formula is C23H17N5O. The Morgan fingerprint density at radius 1 is 0.897 bits per heavy atom. The molecule has 0 aliphatic rings. The lowest BCUT2D eigenvalue weighted by Crippen LogP contribution is -1.99. The zero-order valence-corrected chi connectivity index (χ0v) is 15.7. The van der Waals surface area contributed by atoms with E-state index in [0.717, 1.165) is 45.8 Å². The second-order valence-corrected chi connectivity index (χ2v) is 6.83. The van der Waals surface area contributed by atoms with Gasteiger partial charge in [-0.3, -0.25) is 9.20 Å². The number of nitrogens with zero attached hydrogens (tertiary/aromatic N) is 5. The van der Waals surface area contributed by atoms with Gasteiger partial charge in [-0.1, -0.05) is 18.2 Å². The predicted molar refractivity (Wildman–Crippen MR) is 111 cm³/mol. The van der Waals surface area contributed by atoms with E-state index in [4.69, 9.17) is 0 Å². The molecule has 140 valence electrons. The minimum Gasteiger partial charge on any atom is -0.300 e. The molecule has 4 aromatic heterocycles. The molecule has 4 heterocycles. The highest BCUT2D eigenvalue weighted by Crippen LogP contribution is 2.26. The van der Waals surface area contributed by atoms with E-state index >= 15 is 0 Å². The first-order chi connectivity index (χ1) is 14.2. The van der Waals surface area contributed by atoms with Crippen molar-refractivity contribution in [1.82, 2.24) is 24.1 Å². The van der Waals surface area contributed by atoms with E-state index in [-0.39, 0.29) is 0 Å². The third-order valence-corrected chi connectivity index (χ3v) is 4.87. The highest BCUT2D eigenvalue weighted by molar-refractivity contribution is 5.79. The van der Waals surface area contributed by atoms with Crippen LogP contribution < -0.4 is 0 Å². The number of carbonyl (C=O) groups is 1. The molecule has 5 aromatic rings. The van der Waals surface area contributed by atoms with Gasteiger partial charge in [-0.05, 0) is 54.4 Å². The highest BCUT2D eigenvalue weighted by atomic mass is 16.1. The molecule has 0 spiro atoms. The van der Waals surface area contributed by atoms with Crippen molar-refractivity contribution in [3.63, 3.8) is 0 Å². The fourth-order valence-electron chi connectivity index (χ4n) is 3.41. The minimum atomic E-state index is 0.657. The summed E-state index contributed by atoms with van der Waals surface area (Å²) in [5.74, 6) is 0.757. The van der Waals surface area contributed by atoms with Gasteiger partial charge in [-0.25, -0.2) is 14.6 Å². The topological polar surface area (TPSA) is 65.1 Å². The number of hydrogen-bond donors (Lipinski definition) is 0. The zero-order valence-electron chi connectivity index (χ0n) is 15.7. The van der Waals surface area contributed by atoms with Crippen molar-refractivity contribution in [3.8, 4) is 28.2 Å². The van der Waals surface area contributed by atoms with Gasteiger partial charge >= 0.3 is 0 Å². The van der Waals surface area contributed by atoms with Gasteiger partial charge in [0.25, 0.3) is 0 Å². The first-order valence-electron chi connectivity index (χ1n) is 9.23. The number of aryl methyl sites for hydroxylation is 1. The first-order valence-corrected chi connectivity index (χ1v) is 9.23. The second-order valence-electron chi connectivity index (χ2n) is 6.83. The summed E-state index contributed by atoms with van der Waals surface area (Å²) in [7, 11) is 0. The van der Waals surface area contributed by atoms with Crippen LogP contribution in [0.3, 0.4) is 0 Å². The number of benzene rings is 1. The van der Waals surface area contributed by atoms with Crippen LogP contribution in [0.5, 0.6) is 0 Å². The quantitative estimate of drug-likeness (QED) is 0.435. The lowest BCUT2D eigenvalue weighted by Gasteiger charge is -2.07. The molecule has 6 nitrogen and oxygen atoms in total. The van der Waals surface area contributed by atoms with Crippen molar-refractivity contribution in [2.75, 3.05) is 0 Å². The molecule has 0 saturated heterocycles. The molecule has 0 radical (unpaired) electrons. The summed E-state index contributed by atoms with van der Waals surface area (Å²) in [6, 6.07) is 17.5. The predicted octanol–water partition coefficient (Wildman–Crippen LogP) is 4.37. The molecule has 29 heavy (non-hydrogen) atoms. The Kier molecular flexibility index (Phi) is 4.02. The molecule has 0 N–H and O–H groups in total. The third kappa shape index (κ3) is 3.10. The second kappa shape index (κ2) is 6.83. The summed E-state index contributed by atoms with van der Waals surface area (Å²) in [5.41, 5.74) is 6.42. The van der Waals surface area contributed by atoms with Crippen LogP contribution in [-0.4, -0.2) is 30.4 Å². The molecule has 0 aliphatic carbocycles. The van der Waals surface area contributed by atoms with E-state index < -0.39 is 0 Å².